The topological polar surface area (TPSA) is 87.0 Å². The fraction of sp³-hybridized carbons (Fsp3) is 0.591. The summed E-state index contributed by atoms with van der Waals surface area (Å²) in [5.41, 5.74) is 0. The lowest BCUT2D eigenvalue weighted by Gasteiger charge is -2.23. The van der Waals surface area contributed by atoms with Gasteiger partial charge in [-0.1, -0.05) is 29.8 Å². The third kappa shape index (κ3) is 8.33. The van der Waals surface area contributed by atoms with Crippen molar-refractivity contribution in [2.24, 2.45) is 11.8 Å². The number of aliphatic hydroxyl groups is 2. The van der Waals surface area contributed by atoms with Gasteiger partial charge < -0.3 is 20.1 Å². The van der Waals surface area contributed by atoms with Crippen molar-refractivity contribution in [1.82, 2.24) is 0 Å². The number of carboxylic acids is 1. The first-order valence-corrected chi connectivity index (χ1v) is 10.5. The van der Waals surface area contributed by atoms with Crippen LogP contribution >= 0.6 is 11.6 Å². The number of hydrogen-bond acceptors (Lipinski definition) is 4. The molecule has 0 radical (unpaired) electrons. The maximum absolute atomic E-state index is 14.3. The lowest BCUT2D eigenvalue weighted by atomic mass is 9.86. The normalized spacial score (nSPS) is 25.4. The zero-order valence-corrected chi connectivity index (χ0v) is 17.2. The number of hydrogen-bond donors (Lipinski definition) is 3. The highest BCUT2D eigenvalue weighted by Crippen LogP contribution is 2.38. The van der Waals surface area contributed by atoms with Crippen LogP contribution in [0.5, 0.6) is 5.75 Å². The summed E-state index contributed by atoms with van der Waals surface area (Å²) >= 11 is 5.88. The van der Waals surface area contributed by atoms with E-state index in [2.05, 4.69) is 0 Å². The quantitative estimate of drug-likeness (QED) is 0.339. The van der Waals surface area contributed by atoms with Gasteiger partial charge in [-0.25, -0.2) is 4.39 Å². The molecular weight excluding hydrogens is 399 g/mol. The van der Waals surface area contributed by atoms with Crippen molar-refractivity contribution in [2.45, 2.75) is 63.3 Å². The number of benzene rings is 1. The van der Waals surface area contributed by atoms with Gasteiger partial charge in [-0.15, -0.1) is 0 Å². The Bertz CT molecular complexity index is 668. The first-order valence-electron chi connectivity index (χ1n) is 10.1. The molecule has 2 rings (SSSR count). The molecule has 0 bridgehead atoms. The number of rotatable bonds is 12. The van der Waals surface area contributed by atoms with Crippen molar-refractivity contribution in [3.63, 3.8) is 0 Å². The summed E-state index contributed by atoms with van der Waals surface area (Å²) in [7, 11) is 0. The van der Waals surface area contributed by atoms with Crippen LogP contribution in [-0.2, 0) is 4.79 Å². The summed E-state index contributed by atoms with van der Waals surface area (Å²) in [6, 6.07) is 6.80. The first kappa shape index (κ1) is 23.6. The molecule has 0 spiro atoms. The van der Waals surface area contributed by atoms with Crippen LogP contribution in [0.1, 0.15) is 44.9 Å². The predicted molar refractivity (Wildman–Crippen MR) is 110 cm³/mol. The minimum Gasteiger partial charge on any atom is -0.491 e. The Morgan fingerprint density at radius 2 is 2.03 bits per heavy atom. The van der Waals surface area contributed by atoms with Crippen LogP contribution in [0.3, 0.4) is 0 Å². The number of ether oxygens (including phenoxy) is 1. The third-order valence-electron chi connectivity index (χ3n) is 5.40. The van der Waals surface area contributed by atoms with E-state index in [-0.39, 0.29) is 31.3 Å². The highest BCUT2D eigenvalue weighted by atomic mass is 35.5. The van der Waals surface area contributed by atoms with Crippen LogP contribution in [-0.4, -0.2) is 46.3 Å². The largest absolute Gasteiger partial charge is 0.491 e. The van der Waals surface area contributed by atoms with Crippen LogP contribution in [0.25, 0.3) is 0 Å². The Hall–Kier alpha value is -1.63. The maximum atomic E-state index is 14.3. The molecule has 0 amide bonds. The number of alkyl halides is 1. The second-order valence-corrected chi connectivity index (χ2v) is 8.07. The number of allylic oxidation sites excluding steroid dienone is 2. The predicted octanol–water partition coefficient (Wildman–Crippen LogP) is 4.40. The molecule has 3 N–H and O–H groups in total. The van der Waals surface area contributed by atoms with E-state index in [1.165, 1.54) is 0 Å². The Balaban J connectivity index is 1.75. The minimum atomic E-state index is -1.17. The lowest BCUT2D eigenvalue weighted by molar-refractivity contribution is -0.137. The van der Waals surface area contributed by atoms with Gasteiger partial charge in [0.25, 0.3) is 0 Å². The zero-order valence-electron chi connectivity index (χ0n) is 16.4. The fourth-order valence-electron chi connectivity index (χ4n) is 3.85. The van der Waals surface area contributed by atoms with Gasteiger partial charge in [0.2, 0.25) is 0 Å². The van der Waals surface area contributed by atoms with Gasteiger partial charge in [0, 0.05) is 11.4 Å². The first-order chi connectivity index (χ1) is 13.9. The van der Waals surface area contributed by atoms with Crippen LogP contribution in [0.4, 0.5) is 4.39 Å². The number of unbranched alkanes of at least 4 members (excludes halogenated alkanes) is 1. The Kier molecular flexibility index (Phi) is 9.91. The standard InChI is InChI=1S/C22H30ClFO5/c23-15-6-5-7-17(12-15)29-14-16(24)10-11-19-18(20(25)13-21(19)26)8-3-1-2-4-9-22(27)28/h1,3,5-7,12,16,18-21,25-26H,2,4,8-11,13-14H2,(H,27,28)/t16-,18-,19-,20+,21-/m1/s1. The van der Waals surface area contributed by atoms with Crippen molar-refractivity contribution in [1.29, 1.82) is 0 Å². The average molecular weight is 429 g/mol. The van der Waals surface area contributed by atoms with Crippen LogP contribution in [0.2, 0.25) is 5.02 Å². The molecule has 0 unspecified atom stereocenters. The van der Waals surface area contributed by atoms with E-state index in [9.17, 15) is 19.4 Å². The Morgan fingerprint density at radius 3 is 2.76 bits per heavy atom. The van der Waals surface area contributed by atoms with Gasteiger partial charge in [-0.05, 0) is 68.6 Å². The summed E-state index contributed by atoms with van der Waals surface area (Å²) in [6.07, 6.45) is 4.38. The Morgan fingerprint density at radius 1 is 1.28 bits per heavy atom. The summed E-state index contributed by atoms with van der Waals surface area (Å²) in [4.78, 5) is 10.5. The molecule has 0 aromatic heterocycles. The fourth-order valence-corrected chi connectivity index (χ4v) is 4.03. The van der Waals surface area contributed by atoms with Crippen LogP contribution < -0.4 is 4.74 Å². The molecule has 0 saturated heterocycles. The second-order valence-electron chi connectivity index (χ2n) is 7.63. The highest BCUT2D eigenvalue weighted by Gasteiger charge is 2.40. The molecule has 1 aromatic carbocycles. The van der Waals surface area contributed by atoms with Crippen molar-refractivity contribution in [3.8, 4) is 5.75 Å². The van der Waals surface area contributed by atoms with Crippen molar-refractivity contribution >= 4 is 17.6 Å². The lowest BCUT2D eigenvalue weighted by Crippen LogP contribution is -2.24. The van der Waals surface area contributed by atoms with E-state index in [0.29, 0.717) is 42.9 Å². The van der Waals surface area contributed by atoms with Gasteiger partial charge in [0.05, 0.1) is 12.2 Å². The number of aliphatic hydroxyl groups excluding tert-OH is 2. The number of aliphatic carboxylic acids is 1. The number of halogens is 2. The number of carbonyl (C=O) groups is 1. The highest BCUT2D eigenvalue weighted by molar-refractivity contribution is 6.30. The van der Waals surface area contributed by atoms with Crippen molar-refractivity contribution in [3.05, 3.63) is 41.4 Å². The molecule has 1 aromatic rings. The molecule has 5 nitrogen and oxygen atoms in total. The van der Waals surface area contributed by atoms with E-state index in [1.54, 1.807) is 24.3 Å². The molecule has 29 heavy (non-hydrogen) atoms. The minimum absolute atomic E-state index is 0.0835. The molecule has 7 heteroatoms. The maximum Gasteiger partial charge on any atom is 0.303 e. The van der Waals surface area contributed by atoms with E-state index < -0.39 is 24.3 Å². The molecule has 1 aliphatic carbocycles. The van der Waals surface area contributed by atoms with E-state index in [0.717, 1.165) is 0 Å². The van der Waals surface area contributed by atoms with Gasteiger partial charge >= 0.3 is 5.97 Å². The molecule has 1 fully saturated rings. The van der Waals surface area contributed by atoms with Crippen molar-refractivity contribution in [2.75, 3.05) is 6.61 Å². The van der Waals surface area contributed by atoms with E-state index in [1.807, 2.05) is 12.2 Å². The summed E-state index contributed by atoms with van der Waals surface area (Å²) in [6.45, 7) is -0.0835. The van der Waals surface area contributed by atoms with E-state index in [4.69, 9.17) is 21.4 Å². The van der Waals surface area contributed by atoms with Gasteiger partial charge in [0.15, 0.2) is 0 Å². The van der Waals surface area contributed by atoms with E-state index >= 15 is 0 Å². The van der Waals surface area contributed by atoms with Crippen molar-refractivity contribution < 1.29 is 29.2 Å². The molecule has 5 atom stereocenters. The summed E-state index contributed by atoms with van der Waals surface area (Å²) in [5.74, 6) is -0.588. The van der Waals surface area contributed by atoms with Crippen LogP contribution in [0, 0.1) is 11.8 Å². The van der Waals surface area contributed by atoms with Crippen LogP contribution in [0.15, 0.2) is 36.4 Å². The average Bonchev–Trinajstić information content (AvgIpc) is 2.93. The molecule has 0 aliphatic heterocycles. The van der Waals surface area contributed by atoms with Gasteiger partial charge in [-0.3, -0.25) is 4.79 Å². The summed E-state index contributed by atoms with van der Waals surface area (Å²) in [5, 5.41) is 29.7. The molecule has 0 heterocycles. The molecule has 1 saturated carbocycles. The Labute approximate surface area is 176 Å². The second kappa shape index (κ2) is 12.2. The smallest absolute Gasteiger partial charge is 0.303 e. The summed E-state index contributed by atoms with van der Waals surface area (Å²) < 4.78 is 19.7. The molecule has 1 aliphatic rings. The molecule has 162 valence electrons. The third-order valence-corrected chi connectivity index (χ3v) is 5.63. The zero-order chi connectivity index (χ0) is 21.2. The van der Waals surface area contributed by atoms with Gasteiger partial charge in [-0.2, -0.15) is 0 Å². The molecular formula is C22H30ClFO5. The SMILES string of the molecule is O=C(O)CCCC=CC[C@@H]1[C@@H](CC[C@@H](F)COc2cccc(Cl)c2)[C@H](O)C[C@@H]1O. The number of carboxylic acid groups (broad SMARTS) is 1. The monoisotopic (exact) mass is 428 g/mol. The van der Waals surface area contributed by atoms with Gasteiger partial charge in [0.1, 0.15) is 18.5 Å².